The van der Waals surface area contributed by atoms with E-state index in [1.165, 1.54) is 5.69 Å². The summed E-state index contributed by atoms with van der Waals surface area (Å²) in [5.74, 6) is 1.73. The zero-order valence-electron chi connectivity index (χ0n) is 20.7. The van der Waals surface area contributed by atoms with E-state index in [0.29, 0.717) is 37.3 Å². The average molecular weight is 487 g/mol. The van der Waals surface area contributed by atoms with Crippen LogP contribution in [0.25, 0.3) is 11.5 Å². The predicted octanol–water partition coefficient (Wildman–Crippen LogP) is 4.20. The van der Waals surface area contributed by atoms with Gasteiger partial charge in [0.2, 0.25) is 11.9 Å². The van der Waals surface area contributed by atoms with Crippen molar-refractivity contribution in [3.05, 3.63) is 53.4 Å². The number of furan rings is 1. The third-order valence-corrected chi connectivity index (χ3v) is 6.93. The molecule has 1 fully saturated rings. The Morgan fingerprint density at radius 1 is 1.25 bits per heavy atom. The molecule has 5 rings (SSSR count). The van der Waals surface area contributed by atoms with Gasteiger partial charge in [-0.2, -0.15) is 5.26 Å². The Morgan fingerprint density at radius 2 is 2.03 bits per heavy atom. The maximum absolute atomic E-state index is 12.1. The molecule has 1 aromatic carbocycles. The van der Waals surface area contributed by atoms with Crippen molar-refractivity contribution < 1.29 is 13.9 Å². The van der Waals surface area contributed by atoms with Crippen molar-refractivity contribution in [1.82, 2.24) is 14.9 Å². The van der Waals surface area contributed by atoms with Gasteiger partial charge in [-0.3, -0.25) is 4.79 Å². The maximum Gasteiger partial charge on any atom is 0.237 e. The number of rotatable bonds is 6. The molecular formula is C27H30N6O3. The second-order valence-electron chi connectivity index (χ2n) is 9.28. The molecule has 1 saturated heterocycles. The van der Waals surface area contributed by atoms with Crippen LogP contribution in [0.3, 0.4) is 0 Å². The van der Waals surface area contributed by atoms with Crippen LogP contribution in [0, 0.1) is 18.3 Å². The largest absolute Gasteiger partial charge is 0.457 e. The van der Waals surface area contributed by atoms with Gasteiger partial charge in [0, 0.05) is 44.3 Å². The number of benzene rings is 1. The Kier molecular flexibility index (Phi) is 6.87. The molecule has 1 amide bonds. The third kappa shape index (κ3) is 5.04. The number of ether oxygens (including phenoxy) is 1. The molecule has 0 bridgehead atoms. The number of carbonyl (C=O) groups excluding carboxylic acids is 1. The number of carbonyl (C=O) groups is 1. The highest BCUT2D eigenvalue weighted by Crippen LogP contribution is 2.31. The first-order valence-electron chi connectivity index (χ1n) is 12.3. The molecule has 0 radical (unpaired) electrons. The summed E-state index contributed by atoms with van der Waals surface area (Å²) in [5.41, 5.74) is 4.80. The summed E-state index contributed by atoms with van der Waals surface area (Å²) in [6, 6.07) is 12.2. The van der Waals surface area contributed by atoms with Gasteiger partial charge in [0.15, 0.2) is 5.76 Å². The van der Waals surface area contributed by atoms with Crippen LogP contribution in [0.5, 0.6) is 0 Å². The van der Waals surface area contributed by atoms with Gasteiger partial charge >= 0.3 is 0 Å². The average Bonchev–Trinajstić information content (AvgIpc) is 3.34. The van der Waals surface area contributed by atoms with Crippen molar-refractivity contribution in [1.29, 1.82) is 5.26 Å². The highest BCUT2D eigenvalue weighted by molar-refractivity contribution is 5.78. The number of fused-ring (bicyclic) bond motifs is 1. The molecule has 2 aliphatic heterocycles. The Morgan fingerprint density at radius 3 is 2.75 bits per heavy atom. The number of hydrogen-bond donors (Lipinski definition) is 1. The lowest BCUT2D eigenvalue weighted by molar-refractivity contribution is -0.131. The summed E-state index contributed by atoms with van der Waals surface area (Å²) < 4.78 is 11.6. The van der Waals surface area contributed by atoms with Crippen molar-refractivity contribution >= 4 is 23.2 Å². The molecule has 0 aliphatic carbocycles. The molecular weight excluding hydrogens is 456 g/mol. The van der Waals surface area contributed by atoms with E-state index >= 15 is 0 Å². The van der Waals surface area contributed by atoms with Crippen molar-refractivity contribution in [3.63, 3.8) is 0 Å². The molecule has 9 nitrogen and oxygen atoms in total. The van der Waals surface area contributed by atoms with Crippen LogP contribution in [0.2, 0.25) is 0 Å². The lowest BCUT2D eigenvalue weighted by Gasteiger charge is -2.33. The third-order valence-electron chi connectivity index (χ3n) is 6.93. The summed E-state index contributed by atoms with van der Waals surface area (Å²) in [6.07, 6.45) is 4.81. The van der Waals surface area contributed by atoms with Crippen LogP contribution in [-0.2, 0) is 22.5 Å². The van der Waals surface area contributed by atoms with Gasteiger partial charge in [0.05, 0.1) is 18.7 Å². The van der Waals surface area contributed by atoms with Crippen LogP contribution in [0.1, 0.15) is 36.1 Å². The van der Waals surface area contributed by atoms with E-state index in [9.17, 15) is 4.79 Å². The molecule has 0 spiro atoms. The van der Waals surface area contributed by atoms with E-state index in [-0.39, 0.29) is 12.3 Å². The topological polar surface area (TPSA) is 108 Å². The van der Waals surface area contributed by atoms with Crippen molar-refractivity contribution in [2.75, 3.05) is 37.0 Å². The maximum atomic E-state index is 12.1. The number of nitriles is 1. The summed E-state index contributed by atoms with van der Waals surface area (Å²) >= 11 is 0. The van der Waals surface area contributed by atoms with Gasteiger partial charge in [-0.1, -0.05) is 0 Å². The summed E-state index contributed by atoms with van der Waals surface area (Å²) in [5, 5.41) is 12.1. The van der Waals surface area contributed by atoms with Crippen LogP contribution in [-0.4, -0.2) is 53.6 Å². The summed E-state index contributed by atoms with van der Waals surface area (Å²) in [7, 11) is 1.79. The molecule has 36 heavy (non-hydrogen) atoms. The fourth-order valence-corrected chi connectivity index (χ4v) is 4.81. The lowest BCUT2D eigenvalue weighted by Crippen LogP contribution is -2.36. The molecule has 0 atom stereocenters. The number of aryl methyl sites for hydroxylation is 1. The van der Waals surface area contributed by atoms with Crippen LogP contribution in [0.15, 0.2) is 40.9 Å². The minimum atomic E-state index is -0.170. The minimum Gasteiger partial charge on any atom is -0.457 e. The fourth-order valence-electron chi connectivity index (χ4n) is 4.81. The second-order valence-corrected chi connectivity index (χ2v) is 9.28. The van der Waals surface area contributed by atoms with Gasteiger partial charge in [-0.25, -0.2) is 9.97 Å². The molecule has 4 heterocycles. The zero-order chi connectivity index (χ0) is 25.1. The van der Waals surface area contributed by atoms with Crippen molar-refractivity contribution in [2.24, 2.45) is 0 Å². The SMILES string of the molecule is COC1CCN(c2ccc(Nc3ncc(C)c(-c4cc5c(o4)CN(C(=O)CC#N)CC5)n3)cc2)CC1. The van der Waals surface area contributed by atoms with E-state index in [2.05, 4.69) is 27.3 Å². The number of nitrogens with zero attached hydrogens (tertiary/aromatic N) is 5. The molecule has 2 aliphatic rings. The zero-order valence-corrected chi connectivity index (χ0v) is 20.7. The Balaban J connectivity index is 1.28. The van der Waals surface area contributed by atoms with Gasteiger partial charge in [-0.15, -0.1) is 0 Å². The number of nitrogens with one attached hydrogen (secondary N) is 1. The first-order valence-corrected chi connectivity index (χ1v) is 12.3. The van der Waals surface area contributed by atoms with Crippen molar-refractivity contribution in [3.8, 4) is 17.5 Å². The fraction of sp³-hybridized carbons (Fsp3) is 0.407. The van der Waals surface area contributed by atoms with E-state index < -0.39 is 0 Å². The quantitative estimate of drug-likeness (QED) is 0.552. The number of methoxy groups -OCH3 is 1. The molecule has 0 saturated carbocycles. The van der Waals surface area contributed by atoms with E-state index in [0.717, 1.165) is 54.2 Å². The van der Waals surface area contributed by atoms with E-state index in [4.69, 9.17) is 19.4 Å². The standard InChI is InChI=1S/C27H30N6O3/c1-18-16-29-27(30-20-3-5-21(6-4-20)32-13-9-22(35-2)10-14-32)31-26(18)23-15-19-8-12-33(17-24(19)36-23)25(34)7-11-28/h3-6,15-16,22H,7-10,12-14,17H2,1-2H3,(H,29,30,31). The monoisotopic (exact) mass is 486 g/mol. The second kappa shape index (κ2) is 10.4. The van der Waals surface area contributed by atoms with E-state index in [1.807, 2.05) is 31.2 Å². The molecule has 1 N–H and O–H groups in total. The highest BCUT2D eigenvalue weighted by atomic mass is 16.5. The highest BCUT2D eigenvalue weighted by Gasteiger charge is 2.25. The normalized spacial score (nSPS) is 15.9. The number of amides is 1. The number of piperidine rings is 1. The smallest absolute Gasteiger partial charge is 0.237 e. The van der Waals surface area contributed by atoms with E-state index in [1.54, 1.807) is 18.2 Å². The number of hydrogen-bond acceptors (Lipinski definition) is 8. The number of anilines is 3. The van der Waals surface area contributed by atoms with Gasteiger partial charge in [-0.05, 0) is 67.6 Å². The first kappa shape index (κ1) is 23.8. The lowest BCUT2D eigenvalue weighted by atomic mass is 10.1. The molecule has 2 aromatic heterocycles. The summed E-state index contributed by atoms with van der Waals surface area (Å²) in [6.45, 7) is 4.90. The predicted molar refractivity (Wildman–Crippen MR) is 136 cm³/mol. The Hall–Kier alpha value is -3.90. The van der Waals surface area contributed by atoms with Crippen molar-refractivity contribution in [2.45, 2.75) is 45.3 Å². The summed E-state index contributed by atoms with van der Waals surface area (Å²) in [4.78, 5) is 25.4. The van der Waals surface area contributed by atoms with Gasteiger partial charge in [0.25, 0.3) is 0 Å². The number of aromatic nitrogens is 2. The first-order chi connectivity index (χ1) is 17.5. The minimum absolute atomic E-state index is 0.115. The molecule has 186 valence electrons. The van der Waals surface area contributed by atoms with Crippen LogP contribution >= 0.6 is 0 Å². The molecule has 0 unspecified atom stereocenters. The van der Waals surface area contributed by atoms with Gasteiger partial charge < -0.3 is 24.3 Å². The Labute approximate surface area is 210 Å². The molecule has 9 heteroatoms. The Bertz CT molecular complexity index is 1270. The van der Waals surface area contributed by atoms with Crippen LogP contribution < -0.4 is 10.2 Å². The molecule has 3 aromatic rings. The van der Waals surface area contributed by atoms with Crippen LogP contribution in [0.4, 0.5) is 17.3 Å². The van der Waals surface area contributed by atoms with Gasteiger partial charge in [0.1, 0.15) is 17.9 Å².